The third-order valence-corrected chi connectivity index (χ3v) is 5.37. The lowest BCUT2D eigenvalue weighted by Crippen LogP contribution is -2.45. The number of ether oxygens (including phenoxy) is 2. The second kappa shape index (κ2) is 9.64. The highest BCUT2D eigenvalue weighted by atomic mass is 19.1. The van der Waals surface area contributed by atoms with Gasteiger partial charge in [0.25, 0.3) is 5.91 Å². The van der Waals surface area contributed by atoms with Crippen molar-refractivity contribution < 1.29 is 18.7 Å². The maximum absolute atomic E-state index is 13.1. The largest absolute Gasteiger partial charge is 0.485 e. The molecule has 2 heterocycles. The fraction of sp³-hybridized carbons (Fsp3) is 0.333. The van der Waals surface area contributed by atoms with Crippen molar-refractivity contribution in [3.05, 3.63) is 66.1 Å². The third-order valence-electron chi connectivity index (χ3n) is 5.37. The summed E-state index contributed by atoms with van der Waals surface area (Å²) in [5.41, 5.74) is 2.76. The maximum Gasteiger partial charge on any atom is 0.267 e. The molecule has 7 heteroatoms. The average Bonchev–Trinajstić information content (AvgIpc) is 3.27. The van der Waals surface area contributed by atoms with Crippen molar-refractivity contribution in [2.75, 3.05) is 20.2 Å². The predicted octanol–water partition coefficient (Wildman–Crippen LogP) is 4.23. The number of fused-ring (bicyclic) bond motifs is 1. The van der Waals surface area contributed by atoms with Gasteiger partial charge in [0.05, 0.1) is 5.69 Å². The summed E-state index contributed by atoms with van der Waals surface area (Å²) in [6.45, 7) is 0.903. The van der Waals surface area contributed by atoms with Crippen LogP contribution in [0.5, 0.6) is 11.5 Å². The van der Waals surface area contributed by atoms with E-state index in [1.807, 2.05) is 30.3 Å². The van der Waals surface area contributed by atoms with E-state index < -0.39 is 6.10 Å². The number of nitrogens with one attached hydrogen (secondary N) is 1. The van der Waals surface area contributed by atoms with Gasteiger partial charge >= 0.3 is 0 Å². The molecule has 1 aromatic heterocycles. The number of rotatable bonds is 8. The zero-order valence-electron chi connectivity index (χ0n) is 17.5. The summed E-state index contributed by atoms with van der Waals surface area (Å²) < 4.78 is 24.5. The van der Waals surface area contributed by atoms with E-state index >= 15 is 0 Å². The topological polar surface area (TPSA) is 67.5 Å². The first-order chi connectivity index (χ1) is 15.1. The van der Waals surface area contributed by atoms with Gasteiger partial charge in [-0.15, -0.1) is 0 Å². The van der Waals surface area contributed by atoms with E-state index in [1.54, 1.807) is 24.1 Å². The first-order valence-electron chi connectivity index (χ1n) is 10.5. The molecule has 3 aromatic rings. The summed E-state index contributed by atoms with van der Waals surface area (Å²) in [5, 5.41) is 7.36. The highest BCUT2D eigenvalue weighted by Crippen LogP contribution is 2.31. The van der Waals surface area contributed by atoms with E-state index in [0.29, 0.717) is 18.0 Å². The highest BCUT2D eigenvalue weighted by molar-refractivity contribution is 5.81. The fourth-order valence-corrected chi connectivity index (χ4v) is 3.60. The number of benzene rings is 2. The van der Waals surface area contributed by atoms with Crippen molar-refractivity contribution in [2.45, 2.75) is 31.8 Å². The molecule has 1 amide bonds. The van der Waals surface area contributed by atoms with E-state index in [9.17, 15) is 9.18 Å². The van der Waals surface area contributed by atoms with Crippen molar-refractivity contribution in [3.63, 3.8) is 0 Å². The number of para-hydroxylation sites is 2. The molecule has 1 aliphatic heterocycles. The Kier molecular flexibility index (Phi) is 6.50. The molecule has 1 unspecified atom stereocenters. The van der Waals surface area contributed by atoms with E-state index in [2.05, 4.69) is 10.2 Å². The van der Waals surface area contributed by atoms with Gasteiger partial charge in [0, 0.05) is 24.8 Å². The Balaban J connectivity index is 1.17. The minimum atomic E-state index is -0.602. The summed E-state index contributed by atoms with van der Waals surface area (Å²) in [4.78, 5) is 14.3. The molecule has 0 saturated heterocycles. The zero-order chi connectivity index (χ0) is 21.6. The standard InChI is InChI=1S/C24H26FN3O3/c1-28(24(29)23-16-30-21-8-4-5-9-22(21)31-23)14-6-2-3-7-19-15-20(27-26-19)17-10-12-18(25)13-11-17/h4-5,8-13,15,23H,2-3,6-7,14,16H2,1H3,(H,26,27). The quantitative estimate of drug-likeness (QED) is 0.551. The smallest absolute Gasteiger partial charge is 0.267 e. The van der Waals surface area contributed by atoms with Crippen molar-refractivity contribution in [1.29, 1.82) is 0 Å². The Hall–Kier alpha value is -3.35. The molecule has 2 aromatic carbocycles. The number of nitrogens with zero attached hydrogens (tertiary/aromatic N) is 2. The zero-order valence-corrected chi connectivity index (χ0v) is 17.5. The van der Waals surface area contributed by atoms with Crippen LogP contribution in [0.25, 0.3) is 11.3 Å². The normalized spacial score (nSPS) is 15.0. The van der Waals surface area contributed by atoms with Gasteiger partial charge in [-0.1, -0.05) is 18.6 Å². The first-order valence-corrected chi connectivity index (χ1v) is 10.5. The number of aryl methyl sites for hydroxylation is 1. The summed E-state index contributed by atoms with van der Waals surface area (Å²) in [7, 11) is 1.80. The Bertz CT molecular complexity index is 1020. The lowest BCUT2D eigenvalue weighted by molar-refractivity contribution is -0.139. The van der Waals surface area contributed by atoms with Crippen LogP contribution in [0.4, 0.5) is 4.39 Å². The second-order valence-electron chi connectivity index (χ2n) is 7.72. The Morgan fingerprint density at radius 1 is 1.13 bits per heavy atom. The van der Waals surface area contributed by atoms with E-state index in [4.69, 9.17) is 9.47 Å². The molecule has 4 rings (SSSR count). The van der Waals surface area contributed by atoms with Gasteiger partial charge < -0.3 is 14.4 Å². The number of aromatic amines is 1. The van der Waals surface area contributed by atoms with Gasteiger partial charge in [0.1, 0.15) is 12.4 Å². The van der Waals surface area contributed by atoms with Crippen LogP contribution in [-0.4, -0.2) is 47.3 Å². The number of unbranched alkanes of at least 4 members (excludes halogenated alkanes) is 2. The summed E-state index contributed by atoms with van der Waals surface area (Å²) in [6, 6.07) is 15.7. The van der Waals surface area contributed by atoms with Gasteiger partial charge in [-0.3, -0.25) is 9.89 Å². The van der Waals surface area contributed by atoms with Crippen LogP contribution in [0, 0.1) is 5.82 Å². The Morgan fingerprint density at radius 2 is 1.90 bits per heavy atom. The fourth-order valence-electron chi connectivity index (χ4n) is 3.60. The Labute approximate surface area is 181 Å². The van der Waals surface area contributed by atoms with Crippen molar-refractivity contribution >= 4 is 5.91 Å². The number of hydrogen-bond acceptors (Lipinski definition) is 4. The van der Waals surface area contributed by atoms with Crippen LogP contribution < -0.4 is 9.47 Å². The molecular formula is C24H26FN3O3. The molecule has 1 N–H and O–H groups in total. The molecule has 0 aliphatic carbocycles. The van der Waals surface area contributed by atoms with Crippen LogP contribution in [0.1, 0.15) is 25.0 Å². The molecular weight excluding hydrogens is 397 g/mol. The second-order valence-corrected chi connectivity index (χ2v) is 7.72. The van der Waals surface area contributed by atoms with Crippen LogP contribution in [0.3, 0.4) is 0 Å². The van der Waals surface area contributed by atoms with Crippen LogP contribution >= 0.6 is 0 Å². The molecule has 1 atom stereocenters. The molecule has 0 fully saturated rings. The molecule has 0 saturated carbocycles. The van der Waals surface area contributed by atoms with E-state index in [1.165, 1.54) is 12.1 Å². The molecule has 162 valence electrons. The monoisotopic (exact) mass is 423 g/mol. The number of aromatic nitrogens is 2. The number of likely N-dealkylation sites (N-methyl/N-ethyl adjacent to an activating group) is 1. The number of hydrogen-bond donors (Lipinski definition) is 1. The summed E-state index contributed by atoms with van der Waals surface area (Å²) in [5.74, 6) is 0.970. The van der Waals surface area contributed by atoms with Crippen LogP contribution in [-0.2, 0) is 11.2 Å². The average molecular weight is 423 g/mol. The first kappa shape index (κ1) is 20.9. The molecule has 0 spiro atoms. The number of amides is 1. The predicted molar refractivity (Wildman–Crippen MR) is 116 cm³/mol. The van der Waals surface area contributed by atoms with Crippen molar-refractivity contribution in [1.82, 2.24) is 15.1 Å². The van der Waals surface area contributed by atoms with Crippen LogP contribution in [0.2, 0.25) is 0 Å². The molecule has 6 nitrogen and oxygen atoms in total. The number of H-pyrrole nitrogens is 1. The van der Waals surface area contributed by atoms with E-state index in [-0.39, 0.29) is 18.3 Å². The van der Waals surface area contributed by atoms with Crippen molar-refractivity contribution in [2.24, 2.45) is 0 Å². The van der Waals surface area contributed by atoms with Gasteiger partial charge in [0.2, 0.25) is 6.10 Å². The lowest BCUT2D eigenvalue weighted by Gasteiger charge is -2.28. The molecule has 0 bridgehead atoms. The number of carbonyl (C=O) groups is 1. The summed E-state index contributed by atoms with van der Waals surface area (Å²) in [6.07, 6.45) is 3.17. The molecule has 0 radical (unpaired) electrons. The number of halogens is 1. The minimum Gasteiger partial charge on any atom is -0.485 e. The van der Waals surface area contributed by atoms with Gasteiger partial charge in [-0.25, -0.2) is 4.39 Å². The Morgan fingerprint density at radius 3 is 2.71 bits per heavy atom. The molecule has 1 aliphatic rings. The van der Waals surface area contributed by atoms with Gasteiger partial charge in [0.15, 0.2) is 11.5 Å². The summed E-state index contributed by atoms with van der Waals surface area (Å²) >= 11 is 0. The number of carbonyl (C=O) groups excluding carboxylic acids is 1. The molecule has 31 heavy (non-hydrogen) atoms. The van der Waals surface area contributed by atoms with Crippen molar-refractivity contribution in [3.8, 4) is 22.8 Å². The lowest BCUT2D eigenvalue weighted by atomic mass is 10.1. The van der Waals surface area contributed by atoms with Crippen LogP contribution in [0.15, 0.2) is 54.6 Å². The maximum atomic E-state index is 13.1. The minimum absolute atomic E-state index is 0.0630. The highest BCUT2D eigenvalue weighted by Gasteiger charge is 2.29. The van der Waals surface area contributed by atoms with Gasteiger partial charge in [-0.05, 0) is 61.7 Å². The third kappa shape index (κ3) is 5.23. The van der Waals surface area contributed by atoms with Gasteiger partial charge in [-0.2, -0.15) is 5.10 Å². The SMILES string of the molecule is CN(CCCCCc1cc(-c2ccc(F)cc2)n[nH]1)C(=O)C1COc2ccccc2O1. The van der Waals surface area contributed by atoms with E-state index in [0.717, 1.165) is 42.6 Å².